The Morgan fingerprint density at radius 1 is 0.215 bits per heavy atom. The molecular weight excluding hydrogens is 1710 g/mol. The fourth-order valence-corrected chi connectivity index (χ4v) is 11.1. The van der Waals surface area contributed by atoms with E-state index in [2.05, 4.69) is 0 Å². The van der Waals surface area contributed by atoms with Crippen LogP contribution in [0.15, 0.2) is 0 Å². The van der Waals surface area contributed by atoms with Crippen LogP contribution in [0, 0.1) is 0 Å². The predicted molar refractivity (Wildman–Crippen MR) is 387 cm³/mol. The maximum Gasteiger partial charge on any atom is 4.00 e. The summed E-state index contributed by atoms with van der Waals surface area (Å²) in [6.07, 6.45) is -1.47. The number of carboxylic acid groups (broad SMARTS) is 7. The maximum atomic E-state index is 11.2. The minimum atomic E-state index is -1.83. The molecule has 0 aliphatic carbocycles. The Morgan fingerprint density at radius 3 is 0.364 bits per heavy atom. The summed E-state index contributed by atoms with van der Waals surface area (Å²) in [6, 6.07) is -5.30. The van der Waals surface area contributed by atoms with Crippen LogP contribution in [0.25, 0.3) is 0 Å². The number of ketones is 14. The van der Waals surface area contributed by atoms with Crippen LogP contribution in [0.5, 0.6) is 0 Å². The van der Waals surface area contributed by atoms with E-state index in [0.717, 1.165) is 80.5 Å². The summed E-state index contributed by atoms with van der Waals surface area (Å²) in [5.41, 5.74) is 38.3. The van der Waals surface area contributed by atoms with Crippen molar-refractivity contribution in [3.05, 3.63) is 0 Å². The molecule has 0 spiro atoms. The second-order valence-electron chi connectivity index (χ2n) is 20.6. The van der Waals surface area contributed by atoms with E-state index in [1.807, 2.05) is 48.5 Å². The van der Waals surface area contributed by atoms with E-state index in [4.69, 9.17) is 40.1 Å². The summed E-state index contributed by atoms with van der Waals surface area (Å²) in [5, 5.41) is 70.4. The minimum absolute atomic E-state index is 0. The number of aliphatic carboxylic acids is 7. The van der Waals surface area contributed by atoms with Crippen LogP contribution in [-0.2, 0) is 160 Å². The van der Waals surface area contributed by atoms with Gasteiger partial charge >= 0.3 is 58.9 Å². The molecule has 44 heteroatoms. The van der Waals surface area contributed by atoms with Gasteiger partial charge in [0.1, 0.15) is 41.8 Å². The van der Waals surface area contributed by atoms with Gasteiger partial charge in [-0.2, -0.15) is 82.3 Å². The van der Waals surface area contributed by atoms with Gasteiger partial charge in [0.05, 0.1) is 87.2 Å². The van der Waals surface area contributed by atoms with E-state index < -0.39 is 210 Å². The molecule has 14 N–H and O–H groups in total. The molecule has 0 aromatic carbocycles. The van der Waals surface area contributed by atoms with Crippen LogP contribution in [0.3, 0.4) is 0 Å². The van der Waals surface area contributed by atoms with Gasteiger partial charge in [-0.05, 0) is 125 Å². The number of Topliss-reactive ketones (excluding diaryl/α,β-unsaturated/α-hetero) is 14. The van der Waals surface area contributed by atoms with Crippen molar-refractivity contribution < 1.29 is 195 Å². The smallest absolute Gasteiger partial charge is 0.542 e. The molecule has 0 fully saturated rings. The number of thioether (sulfide) groups is 7. The molecule has 0 saturated carbocycles. The fraction of sp³-hybridized carbons (Fsp3) is 0.667. The summed E-state index contributed by atoms with van der Waals surface area (Å²) >= 11 is 11.4. The minimum Gasteiger partial charge on any atom is -0.542 e. The largest absolute Gasteiger partial charge is 4.00 e. The zero-order valence-corrected chi connectivity index (χ0v) is 71.8. The van der Waals surface area contributed by atoms with Crippen LogP contribution in [-0.4, -0.2) is 246 Å². The summed E-state index contributed by atoms with van der Waals surface area (Å²) in [6.45, 7) is 13.9. The Labute approximate surface area is 695 Å². The number of carbonyl (C=O) groups is 21. The first-order valence-corrected chi connectivity index (χ1v) is 40.2. The summed E-state index contributed by atoms with van der Waals surface area (Å²) < 4.78 is 0. The van der Waals surface area contributed by atoms with Gasteiger partial charge < -0.3 is 109 Å². The summed E-state index contributed by atoms with van der Waals surface area (Å²) in [5.74, 6) is -13.5. The molecule has 0 bridgehead atoms. The molecule has 107 heavy (non-hydrogen) atoms. The van der Waals surface area contributed by atoms with Gasteiger partial charge in [0, 0.05) is 0 Å². The monoisotopic (exact) mass is 1800 g/mol. The Balaban J connectivity index is -0.000000149. The molecule has 35 nitrogen and oxygen atoms in total. The Hall–Kier alpha value is -4.17. The first-order chi connectivity index (χ1) is 48.9. The maximum absolute atomic E-state index is 11.2. The van der Waals surface area contributed by atoms with Crippen LogP contribution in [0.1, 0.15) is 138 Å². The van der Waals surface area contributed by atoms with Crippen molar-refractivity contribution in [2.24, 2.45) is 40.1 Å². The average Bonchev–Trinajstić information content (AvgIpc) is 0.992. The Morgan fingerprint density at radius 2 is 0.299 bits per heavy atom. The van der Waals surface area contributed by atoms with E-state index in [1.54, 1.807) is 82.3 Å². The second-order valence-corrected chi connectivity index (χ2v) is 30.4. The summed E-state index contributed by atoms with van der Waals surface area (Å²) in [7, 11) is 0. The van der Waals surface area contributed by atoms with Crippen LogP contribution < -0.4 is 75.9 Å². The van der Waals surface area contributed by atoms with Crippen molar-refractivity contribution in [1.29, 1.82) is 0 Å². The van der Waals surface area contributed by atoms with Crippen molar-refractivity contribution >= 4 is 205 Å². The third-order valence-corrected chi connectivity index (χ3v) is 18.8. The molecule has 0 heterocycles. The molecule has 0 rings (SSSR count). The SMILES string of the molecule is CCSCC[C@H](N)C(=O)CC(=O)C(=O)[O-].CCSCC[C@H](N)C(=O)CC(=O)C(=O)[O-].CCSCC[C@H](N)C(=O)CC(=O)C(=O)[O-].CCSCC[C@H](N)C(=O)CC(=O)C(=O)[O-].CCSCC[C@H](N)C(=O)CC(=O)C(=O)[O-].CCSCC[C@H](N)C(=O)CC(=O)C(=O)[O-].CCSCC[C@H](N)C(=O)CC(=O)C(=O)[O-].[Y+3].[Zr+4]. The Kier molecular flexibility index (Phi) is 88.9. The zero-order chi connectivity index (χ0) is 82.9. The quantitative estimate of drug-likeness (QED) is 0.0169. The first-order valence-electron chi connectivity index (χ1n) is 32.1. The van der Waals surface area contributed by atoms with E-state index >= 15 is 0 Å². The number of rotatable bonds is 56. The van der Waals surface area contributed by atoms with E-state index in [-0.39, 0.29) is 58.9 Å². The van der Waals surface area contributed by atoms with Crippen LogP contribution in [0.4, 0.5) is 0 Å². The molecule has 0 aliphatic rings. The molecule has 7 atom stereocenters. The van der Waals surface area contributed by atoms with Crippen molar-refractivity contribution in [3.63, 3.8) is 0 Å². The van der Waals surface area contributed by atoms with E-state index in [0.29, 0.717) is 44.9 Å². The molecule has 0 radical (unpaired) electrons. The third-order valence-electron chi connectivity index (χ3n) is 12.3. The van der Waals surface area contributed by atoms with Crippen molar-refractivity contribution in [3.8, 4) is 0 Å². The average molecular weight is 1810 g/mol. The molecule has 0 unspecified atom stereocenters. The van der Waals surface area contributed by atoms with Crippen molar-refractivity contribution in [2.75, 3.05) is 80.5 Å². The molecular formula is C63H98N7O28S7YZr. The fourth-order valence-electron chi connectivity index (χ4n) is 6.14. The normalized spacial score (nSPS) is 11.9. The van der Waals surface area contributed by atoms with Gasteiger partial charge in [-0.15, -0.1) is 0 Å². The third kappa shape index (κ3) is 77.0. The van der Waals surface area contributed by atoms with Gasteiger partial charge in [-0.3, -0.25) is 67.1 Å². The molecule has 0 aromatic heterocycles. The van der Waals surface area contributed by atoms with Crippen molar-refractivity contribution in [1.82, 2.24) is 0 Å². The van der Waals surface area contributed by atoms with Crippen LogP contribution in [0.2, 0.25) is 0 Å². The van der Waals surface area contributed by atoms with Crippen molar-refractivity contribution in [2.45, 2.75) is 181 Å². The van der Waals surface area contributed by atoms with Gasteiger partial charge in [0.15, 0.2) is 81.0 Å². The second kappa shape index (κ2) is 78.5. The van der Waals surface area contributed by atoms with E-state index in [9.17, 15) is 136 Å². The number of nitrogens with two attached hydrogens (primary N) is 7. The van der Waals surface area contributed by atoms with Gasteiger partial charge in [-0.1, -0.05) is 48.5 Å². The number of carbonyl (C=O) groups excluding carboxylic acids is 21. The van der Waals surface area contributed by atoms with Gasteiger partial charge in [0.2, 0.25) is 0 Å². The molecule has 0 aliphatic heterocycles. The topological polar surface area (TPSA) is 702 Å². The first kappa shape index (κ1) is 121. The van der Waals surface area contributed by atoms with Gasteiger partial charge in [0.25, 0.3) is 0 Å². The van der Waals surface area contributed by atoms with E-state index in [1.165, 1.54) is 0 Å². The van der Waals surface area contributed by atoms with Crippen LogP contribution >= 0.6 is 82.3 Å². The zero-order valence-electron chi connectivity index (χ0n) is 60.7. The molecule has 602 valence electrons. The summed E-state index contributed by atoms with van der Waals surface area (Å²) in [4.78, 5) is 223. The molecule has 0 amide bonds. The number of carboxylic acids is 7. The number of hydrogen-bond acceptors (Lipinski definition) is 42. The molecule has 0 saturated heterocycles. The van der Waals surface area contributed by atoms with Gasteiger partial charge in [-0.25, -0.2) is 0 Å². The standard InChI is InChI=1S/7C9H15NO4S.Y.Zr/c7*1-2-15-4-3-6(10)7(11)5-8(12)9(13)14;;/h7*6H,2-5,10H2,1H3,(H,13,14);;/q;;;;;;;+3;+4/p-7/t7*6-;;/m0000000../s1. The number of hydrogen-bond donors (Lipinski definition) is 7. The molecule has 0 aromatic rings. The predicted octanol–water partition coefficient (Wildman–Crippen LogP) is -8.86. The Bertz CT molecular complexity index is 2310.